The van der Waals surface area contributed by atoms with E-state index < -0.39 is 17.6 Å². The molecule has 6 nitrogen and oxygen atoms in total. The van der Waals surface area contributed by atoms with Crippen molar-refractivity contribution in [3.05, 3.63) is 0 Å². The van der Waals surface area contributed by atoms with Crippen LogP contribution in [-0.4, -0.2) is 52.3 Å². The summed E-state index contributed by atoms with van der Waals surface area (Å²) in [5, 5.41) is 2.91. The summed E-state index contributed by atoms with van der Waals surface area (Å²) < 4.78 is 0. The van der Waals surface area contributed by atoms with Gasteiger partial charge >= 0.3 is 6.03 Å². The molecule has 3 aliphatic rings. The number of hydrogen-bond acceptors (Lipinski definition) is 3. The van der Waals surface area contributed by atoms with E-state index in [1.54, 1.807) is 11.8 Å². The van der Waals surface area contributed by atoms with Crippen molar-refractivity contribution < 1.29 is 14.4 Å². The highest BCUT2D eigenvalue weighted by Gasteiger charge is 2.53. The predicted molar refractivity (Wildman–Crippen MR) is 85.7 cm³/mol. The van der Waals surface area contributed by atoms with Crippen molar-refractivity contribution in [2.45, 2.75) is 76.3 Å². The van der Waals surface area contributed by atoms with Gasteiger partial charge in [-0.05, 0) is 39.0 Å². The van der Waals surface area contributed by atoms with Crippen LogP contribution >= 0.6 is 0 Å². The second kappa shape index (κ2) is 6.49. The molecule has 2 aliphatic heterocycles. The van der Waals surface area contributed by atoms with Crippen LogP contribution in [0.2, 0.25) is 0 Å². The molecule has 2 saturated heterocycles. The molecule has 3 rings (SSSR count). The van der Waals surface area contributed by atoms with Gasteiger partial charge in [0.15, 0.2) is 0 Å². The zero-order chi connectivity index (χ0) is 16.4. The standard InChI is InChI=1S/C17H27N3O3/c1-13(14(21)19-11-7-4-8-12-19)20-15(22)17(18-16(20)23)9-5-2-3-6-10-17/h13H,2-12H2,1H3,(H,18,23)/t13-/m1/s1. The molecule has 1 spiro atoms. The number of piperidine rings is 1. The Bertz CT molecular complexity index is 491. The summed E-state index contributed by atoms with van der Waals surface area (Å²) in [6, 6.07) is -1.10. The van der Waals surface area contributed by atoms with E-state index in [0.717, 1.165) is 58.0 Å². The summed E-state index contributed by atoms with van der Waals surface area (Å²) in [6.07, 6.45) is 8.65. The van der Waals surface area contributed by atoms with E-state index in [-0.39, 0.29) is 11.8 Å². The molecule has 1 N–H and O–H groups in total. The van der Waals surface area contributed by atoms with Crippen molar-refractivity contribution >= 4 is 17.8 Å². The van der Waals surface area contributed by atoms with Crippen LogP contribution in [0.4, 0.5) is 4.79 Å². The van der Waals surface area contributed by atoms with Crippen molar-refractivity contribution in [1.29, 1.82) is 0 Å². The number of rotatable bonds is 2. The highest BCUT2D eigenvalue weighted by atomic mass is 16.2. The first-order valence-corrected chi connectivity index (χ1v) is 9.00. The number of likely N-dealkylation sites (tertiary alicyclic amines) is 1. The minimum Gasteiger partial charge on any atom is -0.341 e. The summed E-state index contributed by atoms with van der Waals surface area (Å²) in [5.74, 6) is -0.291. The maximum Gasteiger partial charge on any atom is 0.325 e. The van der Waals surface area contributed by atoms with Gasteiger partial charge in [0, 0.05) is 13.1 Å². The minimum atomic E-state index is -0.760. The third-order valence-electron chi connectivity index (χ3n) is 5.56. The van der Waals surface area contributed by atoms with Crippen LogP contribution in [-0.2, 0) is 9.59 Å². The van der Waals surface area contributed by atoms with Crippen LogP contribution in [0.5, 0.6) is 0 Å². The average molecular weight is 321 g/mol. The summed E-state index contributed by atoms with van der Waals surface area (Å²) in [5.41, 5.74) is -0.760. The fourth-order valence-corrected chi connectivity index (χ4v) is 4.15. The molecule has 1 saturated carbocycles. The molecule has 0 aromatic rings. The Balaban J connectivity index is 1.75. The number of carbonyl (C=O) groups is 3. The second-order valence-electron chi connectivity index (χ2n) is 7.16. The fourth-order valence-electron chi connectivity index (χ4n) is 4.15. The molecule has 0 aromatic heterocycles. The van der Waals surface area contributed by atoms with Gasteiger partial charge in [-0.15, -0.1) is 0 Å². The minimum absolute atomic E-state index is 0.0983. The molecule has 128 valence electrons. The molecular weight excluding hydrogens is 294 g/mol. The number of imide groups is 1. The quantitative estimate of drug-likeness (QED) is 0.791. The van der Waals surface area contributed by atoms with Gasteiger partial charge in [0.1, 0.15) is 11.6 Å². The van der Waals surface area contributed by atoms with Crippen molar-refractivity contribution in [1.82, 2.24) is 15.1 Å². The number of hydrogen-bond donors (Lipinski definition) is 1. The van der Waals surface area contributed by atoms with Crippen molar-refractivity contribution in [2.24, 2.45) is 0 Å². The lowest BCUT2D eigenvalue weighted by Crippen LogP contribution is -2.52. The number of carbonyl (C=O) groups excluding carboxylic acids is 3. The van der Waals surface area contributed by atoms with Gasteiger partial charge in [-0.1, -0.05) is 25.7 Å². The summed E-state index contributed by atoms with van der Waals surface area (Å²) in [6.45, 7) is 3.15. The predicted octanol–water partition coefficient (Wildman–Crippen LogP) is 2.03. The van der Waals surface area contributed by atoms with Gasteiger partial charge in [-0.2, -0.15) is 0 Å². The molecule has 1 atom stereocenters. The molecule has 4 amide bonds. The van der Waals surface area contributed by atoms with Gasteiger partial charge in [-0.3, -0.25) is 9.59 Å². The largest absolute Gasteiger partial charge is 0.341 e. The van der Waals surface area contributed by atoms with Crippen molar-refractivity contribution in [3.8, 4) is 0 Å². The zero-order valence-corrected chi connectivity index (χ0v) is 14.0. The van der Waals surface area contributed by atoms with Gasteiger partial charge in [0.25, 0.3) is 5.91 Å². The van der Waals surface area contributed by atoms with Gasteiger partial charge in [0.05, 0.1) is 0 Å². The lowest BCUT2D eigenvalue weighted by atomic mass is 9.90. The summed E-state index contributed by atoms with van der Waals surface area (Å²) in [7, 11) is 0. The SMILES string of the molecule is C[C@H](C(=O)N1CCCCC1)N1C(=O)NC2(CCCCCC2)C1=O. The molecule has 3 fully saturated rings. The number of nitrogens with one attached hydrogen (secondary N) is 1. The van der Waals surface area contributed by atoms with Crippen molar-refractivity contribution in [3.63, 3.8) is 0 Å². The van der Waals surface area contributed by atoms with Crippen LogP contribution in [0.3, 0.4) is 0 Å². The zero-order valence-electron chi connectivity index (χ0n) is 14.0. The van der Waals surface area contributed by atoms with Crippen LogP contribution in [0, 0.1) is 0 Å². The highest BCUT2D eigenvalue weighted by molar-refractivity contribution is 6.09. The lowest BCUT2D eigenvalue weighted by molar-refractivity contribution is -0.143. The van der Waals surface area contributed by atoms with Gasteiger partial charge in [0.2, 0.25) is 5.91 Å². The topological polar surface area (TPSA) is 69.7 Å². The summed E-state index contributed by atoms with van der Waals surface area (Å²) >= 11 is 0. The van der Waals surface area contributed by atoms with Gasteiger partial charge < -0.3 is 10.2 Å². The first-order valence-electron chi connectivity index (χ1n) is 9.00. The average Bonchev–Trinajstić information content (AvgIpc) is 2.73. The lowest BCUT2D eigenvalue weighted by Gasteiger charge is -2.32. The highest BCUT2D eigenvalue weighted by Crippen LogP contribution is 2.33. The third-order valence-corrected chi connectivity index (χ3v) is 5.56. The first kappa shape index (κ1) is 16.3. The molecule has 0 unspecified atom stereocenters. The first-order chi connectivity index (χ1) is 11.1. The Kier molecular flexibility index (Phi) is 4.60. The molecular formula is C17H27N3O3. The Morgan fingerprint density at radius 1 is 1.00 bits per heavy atom. The Morgan fingerprint density at radius 2 is 1.57 bits per heavy atom. The van der Waals surface area contributed by atoms with E-state index in [1.165, 1.54) is 4.90 Å². The van der Waals surface area contributed by atoms with Crippen LogP contribution in [0.25, 0.3) is 0 Å². The van der Waals surface area contributed by atoms with E-state index in [1.807, 2.05) is 0 Å². The van der Waals surface area contributed by atoms with E-state index in [0.29, 0.717) is 12.8 Å². The normalized spacial score (nSPS) is 26.1. The molecule has 1 aliphatic carbocycles. The van der Waals surface area contributed by atoms with Crippen molar-refractivity contribution in [2.75, 3.05) is 13.1 Å². The van der Waals surface area contributed by atoms with Crippen LogP contribution in [0.1, 0.15) is 64.7 Å². The third kappa shape index (κ3) is 2.95. The number of nitrogens with zero attached hydrogens (tertiary/aromatic N) is 2. The second-order valence-corrected chi connectivity index (χ2v) is 7.16. The monoisotopic (exact) mass is 321 g/mol. The Hall–Kier alpha value is -1.59. The fraction of sp³-hybridized carbons (Fsp3) is 0.824. The van der Waals surface area contributed by atoms with E-state index in [9.17, 15) is 14.4 Å². The van der Waals surface area contributed by atoms with E-state index >= 15 is 0 Å². The maximum atomic E-state index is 12.9. The number of amides is 4. The Morgan fingerprint density at radius 3 is 2.17 bits per heavy atom. The van der Waals surface area contributed by atoms with E-state index in [4.69, 9.17) is 0 Å². The smallest absolute Gasteiger partial charge is 0.325 e. The molecule has 0 radical (unpaired) electrons. The molecule has 0 bridgehead atoms. The molecule has 2 heterocycles. The molecule has 0 aromatic carbocycles. The molecule has 23 heavy (non-hydrogen) atoms. The maximum absolute atomic E-state index is 12.9. The van der Waals surface area contributed by atoms with E-state index in [2.05, 4.69) is 5.32 Å². The van der Waals surface area contributed by atoms with Gasteiger partial charge in [-0.25, -0.2) is 9.69 Å². The van der Waals surface area contributed by atoms with Crippen LogP contribution in [0.15, 0.2) is 0 Å². The number of urea groups is 1. The Labute approximate surface area is 137 Å². The molecule has 6 heteroatoms. The van der Waals surface area contributed by atoms with Crippen LogP contribution < -0.4 is 5.32 Å². The summed E-state index contributed by atoms with van der Waals surface area (Å²) in [4.78, 5) is 41.0.